The molecule has 4 rings (SSSR count). The fourth-order valence-electron chi connectivity index (χ4n) is 6.00. The Morgan fingerprint density at radius 3 is 2.45 bits per heavy atom. The highest BCUT2D eigenvalue weighted by Crippen LogP contribution is 2.68. The van der Waals surface area contributed by atoms with E-state index in [2.05, 4.69) is 37.3 Å². The summed E-state index contributed by atoms with van der Waals surface area (Å²) in [6, 6.07) is 16.7. The standard InChI is InChI=1S/C25H28N4O2/c1-2-3-4-8-11-21-23(15-26,16-27)24(17-28)20-14-19(18-9-6-5-7-10-18)12-13-25(20,30-21)31-22(24)29/h5-7,9-10,19-21,29H,2-4,8,11-14H2,1H3. The lowest BCUT2D eigenvalue weighted by atomic mass is 9.50. The first-order valence-corrected chi connectivity index (χ1v) is 11.3. The molecule has 2 saturated heterocycles. The van der Waals surface area contributed by atoms with Crippen LogP contribution in [-0.4, -0.2) is 17.8 Å². The fraction of sp³-hybridized carbons (Fsp3) is 0.600. The SMILES string of the molecule is CCCCCCC1OC23CCC(c4ccccc4)CC2C(C#N)(C(=N)O3)C1(C#N)C#N. The summed E-state index contributed by atoms with van der Waals surface area (Å²) >= 11 is 0. The van der Waals surface area contributed by atoms with E-state index in [0.717, 1.165) is 37.7 Å². The minimum atomic E-state index is -1.76. The largest absolute Gasteiger partial charge is 0.447 e. The zero-order valence-corrected chi connectivity index (χ0v) is 17.9. The fourth-order valence-corrected chi connectivity index (χ4v) is 6.00. The topological polar surface area (TPSA) is 114 Å². The van der Waals surface area contributed by atoms with Crippen LogP contribution < -0.4 is 0 Å². The molecule has 0 spiro atoms. The molecule has 0 amide bonds. The molecule has 5 atom stereocenters. The second-order valence-corrected chi connectivity index (χ2v) is 9.08. The van der Waals surface area contributed by atoms with Gasteiger partial charge in [-0.25, -0.2) is 0 Å². The zero-order chi connectivity index (χ0) is 22.1. The first-order valence-electron chi connectivity index (χ1n) is 11.3. The van der Waals surface area contributed by atoms with Gasteiger partial charge in [0.1, 0.15) is 0 Å². The predicted octanol–water partition coefficient (Wildman–Crippen LogP) is 5.19. The van der Waals surface area contributed by atoms with Crippen LogP contribution in [0.4, 0.5) is 0 Å². The number of nitriles is 3. The predicted molar refractivity (Wildman–Crippen MR) is 113 cm³/mol. The molecule has 160 valence electrons. The van der Waals surface area contributed by atoms with E-state index >= 15 is 0 Å². The van der Waals surface area contributed by atoms with Crippen molar-refractivity contribution in [1.29, 1.82) is 21.2 Å². The molecular formula is C25H28N4O2. The van der Waals surface area contributed by atoms with Crippen LogP contribution in [0.25, 0.3) is 0 Å². The van der Waals surface area contributed by atoms with Gasteiger partial charge in [-0.1, -0.05) is 62.9 Å². The van der Waals surface area contributed by atoms with Gasteiger partial charge >= 0.3 is 0 Å². The lowest BCUT2D eigenvalue weighted by Gasteiger charge is -2.52. The van der Waals surface area contributed by atoms with E-state index in [0.29, 0.717) is 19.3 Å². The van der Waals surface area contributed by atoms with Gasteiger partial charge in [-0.15, -0.1) is 0 Å². The van der Waals surface area contributed by atoms with Gasteiger partial charge in [-0.05, 0) is 30.7 Å². The Balaban J connectivity index is 1.75. The Bertz CT molecular complexity index is 958. The third-order valence-corrected chi connectivity index (χ3v) is 7.61. The number of benzene rings is 1. The monoisotopic (exact) mass is 416 g/mol. The molecule has 3 aliphatic rings. The van der Waals surface area contributed by atoms with Gasteiger partial charge in [-0.2, -0.15) is 15.8 Å². The van der Waals surface area contributed by atoms with E-state index in [1.54, 1.807) is 0 Å². The van der Waals surface area contributed by atoms with E-state index in [-0.39, 0.29) is 11.8 Å². The Hall–Kier alpha value is -2.88. The molecule has 31 heavy (non-hydrogen) atoms. The maximum Gasteiger partial charge on any atom is 0.217 e. The van der Waals surface area contributed by atoms with E-state index in [9.17, 15) is 15.8 Å². The number of nitrogens with one attached hydrogen (secondary N) is 1. The van der Waals surface area contributed by atoms with Crippen LogP contribution in [0, 0.1) is 56.2 Å². The van der Waals surface area contributed by atoms with Crippen molar-refractivity contribution >= 4 is 5.90 Å². The van der Waals surface area contributed by atoms with Crippen molar-refractivity contribution in [2.45, 2.75) is 76.1 Å². The van der Waals surface area contributed by atoms with E-state index < -0.39 is 28.6 Å². The minimum absolute atomic E-state index is 0.168. The van der Waals surface area contributed by atoms with E-state index in [1.807, 2.05) is 18.2 Å². The molecule has 5 unspecified atom stereocenters. The number of unbranched alkanes of at least 4 members (excludes halogenated alkanes) is 3. The number of ether oxygens (including phenoxy) is 2. The highest BCUT2D eigenvalue weighted by molar-refractivity contribution is 5.89. The van der Waals surface area contributed by atoms with Gasteiger partial charge in [0.25, 0.3) is 0 Å². The Morgan fingerprint density at radius 1 is 1.06 bits per heavy atom. The minimum Gasteiger partial charge on any atom is -0.447 e. The third kappa shape index (κ3) is 2.88. The molecule has 1 aliphatic carbocycles. The average Bonchev–Trinajstić information content (AvgIpc) is 3.01. The highest BCUT2D eigenvalue weighted by Gasteiger charge is 2.80. The van der Waals surface area contributed by atoms with Crippen molar-refractivity contribution in [3.05, 3.63) is 35.9 Å². The van der Waals surface area contributed by atoms with Crippen molar-refractivity contribution in [3.63, 3.8) is 0 Å². The molecule has 6 heteroatoms. The molecular weight excluding hydrogens is 388 g/mol. The second kappa shape index (κ2) is 7.99. The van der Waals surface area contributed by atoms with Crippen LogP contribution in [0.15, 0.2) is 30.3 Å². The molecule has 0 aromatic heterocycles. The van der Waals surface area contributed by atoms with Crippen molar-refractivity contribution in [2.24, 2.45) is 16.7 Å². The second-order valence-electron chi connectivity index (χ2n) is 9.08. The number of rotatable bonds is 6. The Kier molecular flexibility index (Phi) is 5.50. The van der Waals surface area contributed by atoms with Gasteiger partial charge in [0.05, 0.1) is 30.2 Å². The number of nitrogens with zero attached hydrogens (tertiary/aromatic N) is 3. The summed E-state index contributed by atoms with van der Waals surface area (Å²) in [5.41, 5.74) is -2.20. The Labute approximate surface area is 183 Å². The van der Waals surface area contributed by atoms with Gasteiger partial charge in [-0.3, -0.25) is 5.41 Å². The van der Waals surface area contributed by atoms with Crippen molar-refractivity contribution in [3.8, 4) is 18.2 Å². The molecule has 0 radical (unpaired) electrons. The van der Waals surface area contributed by atoms with Gasteiger partial charge in [0, 0.05) is 6.42 Å². The van der Waals surface area contributed by atoms with Gasteiger partial charge in [0.2, 0.25) is 11.7 Å². The highest BCUT2D eigenvalue weighted by atomic mass is 16.7. The molecule has 1 aromatic carbocycles. The molecule has 3 fully saturated rings. The molecule has 6 nitrogen and oxygen atoms in total. The summed E-state index contributed by atoms with van der Waals surface area (Å²) in [4.78, 5) is 0. The van der Waals surface area contributed by atoms with Gasteiger partial charge < -0.3 is 9.47 Å². The quantitative estimate of drug-likeness (QED) is 0.641. The van der Waals surface area contributed by atoms with Gasteiger partial charge in [0.15, 0.2) is 10.8 Å². The summed E-state index contributed by atoms with van der Waals surface area (Å²) in [7, 11) is 0. The molecule has 2 bridgehead atoms. The average molecular weight is 417 g/mol. The van der Waals surface area contributed by atoms with Crippen LogP contribution in [0.2, 0.25) is 0 Å². The lowest BCUT2D eigenvalue weighted by Crippen LogP contribution is -2.63. The molecule has 2 heterocycles. The number of hydrogen-bond acceptors (Lipinski definition) is 6. The van der Waals surface area contributed by atoms with Crippen LogP contribution in [-0.2, 0) is 9.47 Å². The zero-order valence-electron chi connectivity index (χ0n) is 17.9. The van der Waals surface area contributed by atoms with Crippen LogP contribution in [0.5, 0.6) is 0 Å². The summed E-state index contributed by atoms with van der Waals surface area (Å²) in [5.74, 6) is -1.72. The summed E-state index contributed by atoms with van der Waals surface area (Å²) in [6.45, 7) is 2.13. The summed E-state index contributed by atoms with van der Waals surface area (Å²) < 4.78 is 12.5. The van der Waals surface area contributed by atoms with Crippen LogP contribution in [0.3, 0.4) is 0 Å². The molecule has 1 saturated carbocycles. The van der Waals surface area contributed by atoms with Crippen molar-refractivity contribution in [2.75, 3.05) is 0 Å². The summed E-state index contributed by atoms with van der Waals surface area (Å²) in [5, 5.41) is 39.6. The lowest BCUT2D eigenvalue weighted by molar-refractivity contribution is -0.294. The normalized spacial score (nSPS) is 35.2. The molecule has 1 N–H and O–H groups in total. The smallest absolute Gasteiger partial charge is 0.217 e. The van der Waals surface area contributed by atoms with E-state index in [4.69, 9.17) is 14.9 Å². The number of hydrogen-bond donors (Lipinski definition) is 1. The van der Waals surface area contributed by atoms with Crippen LogP contribution in [0.1, 0.15) is 69.8 Å². The Morgan fingerprint density at radius 2 is 1.81 bits per heavy atom. The van der Waals surface area contributed by atoms with Crippen LogP contribution >= 0.6 is 0 Å². The molecule has 2 aliphatic heterocycles. The van der Waals surface area contributed by atoms with Crippen molar-refractivity contribution in [1.82, 2.24) is 0 Å². The summed E-state index contributed by atoms with van der Waals surface area (Å²) in [6.07, 6.45) is 5.61. The van der Waals surface area contributed by atoms with E-state index in [1.165, 1.54) is 0 Å². The van der Waals surface area contributed by atoms with Crippen molar-refractivity contribution < 1.29 is 9.47 Å². The first kappa shape index (κ1) is 21.4. The third-order valence-electron chi connectivity index (χ3n) is 7.61. The maximum atomic E-state index is 10.4. The molecule has 1 aromatic rings. The first-order chi connectivity index (χ1) is 15.0. The maximum absolute atomic E-state index is 10.4.